The number of likely N-dealkylation sites (N-methyl/N-ethyl adjacent to an activating group) is 2. The van der Waals surface area contributed by atoms with Crippen molar-refractivity contribution in [1.82, 2.24) is 9.80 Å². The molecule has 4 aliphatic heterocycles. The zero-order chi connectivity index (χ0) is 34.2. The Labute approximate surface area is 287 Å². The van der Waals surface area contributed by atoms with Crippen molar-refractivity contribution in [2.75, 3.05) is 48.5 Å². The molecule has 0 fully saturated rings. The molecule has 9 nitrogen and oxygen atoms in total. The molecular weight excluding hydrogens is 620 g/mol. The first-order valence-electron chi connectivity index (χ1n) is 16.6. The smallest absolute Gasteiger partial charge is 0.335 e. The van der Waals surface area contributed by atoms with Crippen molar-refractivity contribution >= 4 is 5.97 Å². The van der Waals surface area contributed by atoms with Crippen LogP contribution >= 0.6 is 0 Å². The van der Waals surface area contributed by atoms with Crippen LogP contribution in [0.4, 0.5) is 0 Å². The molecular formula is C40H42N2O7. The molecule has 4 heterocycles. The van der Waals surface area contributed by atoms with Crippen molar-refractivity contribution in [1.29, 1.82) is 0 Å². The Balaban J connectivity index is 1.45. The summed E-state index contributed by atoms with van der Waals surface area (Å²) in [5.41, 5.74) is 6.78. The van der Waals surface area contributed by atoms with Crippen LogP contribution < -0.4 is 28.4 Å². The Morgan fingerprint density at radius 3 is 2.12 bits per heavy atom. The fourth-order valence-electron chi connectivity index (χ4n) is 7.34. The van der Waals surface area contributed by atoms with Gasteiger partial charge in [0, 0.05) is 36.8 Å². The highest BCUT2D eigenvalue weighted by Gasteiger charge is 2.35. The SMILES string of the molecule is C=CC(=O)Oc1ccc2cc1Oc1ccc(cc1)C[C@H]1c3cc(c(OC)cc3CCN1C)Oc1c(OC)c(OC)cc3c1[C@@H](C2)N(C)CC3. The van der Waals surface area contributed by atoms with E-state index < -0.39 is 5.97 Å². The van der Waals surface area contributed by atoms with E-state index in [-0.39, 0.29) is 12.1 Å². The molecule has 2 atom stereocenters. The van der Waals surface area contributed by atoms with Gasteiger partial charge in [0.1, 0.15) is 5.75 Å². The van der Waals surface area contributed by atoms with Gasteiger partial charge in [0.15, 0.2) is 34.5 Å². The van der Waals surface area contributed by atoms with Gasteiger partial charge in [0.05, 0.1) is 21.3 Å². The summed E-state index contributed by atoms with van der Waals surface area (Å²) in [5.74, 6) is 3.91. The first kappa shape index (κ1) is 32.6. The number of carbonyl (C=O) groups excluding carboxylic acids is 1. The molecule has 0 aromatic heterocycles. The molecule has 254 valence electrons. The summed E-state index contributed by atoms with van der Waals surface area (Å²) in [6.45, 7) is 5.33. The Bertz CT molecular complexity index is 1900. The quantitative estimate of drug-likeness (QED) is 0.125. The summed E-state index contributed by atoms with van der Waals surface area (Å²) in [4.78, 5) is 17.0. The van der Waals surface area contributed by atoms with E-state index in [1.165, 1.54) is 11.1 Å². The predicted octanol–water partition coefficient (Wildman–Crippen LogP) is 7.25. The molecule has 9 heteroatoms. The van der Waals surface area contributed by atoms with Crippen LogP contribution in [-0.4, -0.2) is 64.3 Å². The van der Waals surface area contributed by atoms with Crippen LogP contribution in [0.3, 0.4) is 0 Å². The lowest BCUT2D eigenvalue weighted by molar-refractivity contribution is -0.129. The second kappa shape index (κ2) is 13.5. The molecule has 6 bridgehead atoms. The van der Waals surface area contributed by atoms with Crippen LogP contribution in [0.2, 0.25) is 0 Å². The van der Waals surface area contributed by atoms with Crippen LogP contribution in [0.5, 0.6) is 46.0 Å². The monoisotopic (exact) mass is 662 g/mol. The van der Waals surface area contributed by atoms with Gasteiger partial charge in [-0.3, -0.25) is 9.80 Å². The fourth-order valence-corrected chi connectivity index (χ4v) is 7.34. The highest BCUT2D eigenvalue weighted by molar-refractivity contribution is 5.84. The number of benzene rings is 4. The average Bonchev–Trinajstić information content (AvgIpc) is 3.11. The lowest BCUT2D eigenvalue weighted by atomic mass is 9.87. The van der Waals surface area contributed by atoms with Gasteiger partial charge in [-0.05, 0) is 110 Å². The van der Waals surface area contributed by atoms with E-state index in [0.717, 1.165) is 60.7 Å². The molecule has 0 saturated heterocycles. The van der Waals surface area contributed by atoms with Gasteiger partial charge < -0.3 is 28.4 Å². The van der Waals surface area contributed by atoms with Crippen molar-refractivity contribution in [2.24, 2.45) is 0 Å². The van der Waals surface area contributed by atoms with Crippen LogP contribution in [0.15, 0.2) is 73.3 Å². The summed E-state index contributed by atoms with van der Waals surface area (Å²) in [6.07, 6.45) is 4.28. The average molecular weight is 663 g/mol. The first-order chi connectivity index (χ1) is 23.8. The Morgan fingerprint density at radius 1 is 0.755 bits per heavy atom. The molecule has 0 spiro atoms. The largest absolute Gasteiger partial charge is 0.493 e. The molecule has 0 radical (unpaired) electrons. The number of hydrogen-bond acceptors (Lipinski definition) is 9. The van der Waals surface area contributed by atoms with Crippen molar-refractivity contribution in [2.45, 2.75) is 37.8 Å². The third-order valence-corrected chi connectivity index (χ3v) is 10.0. The van der Waals surface area contributed by atoms with E-state index >= 15 is 0 Å². The number of methoxy groups -OCH3 is 3. The van der Waals surface area contributed by atoms with E-state index in [1.807, 2.05) is 24.3 Å². The number of carbonyl (C=O) groups is 1. The van der Waals surface area contributed by atoms with Crippen LogP contribution in [-0.2, 0) is 30.5 Å². The minimum absolute atomic E-state index is 0.0892. The maximum absolute atomic E-state index is 12.3. The normalized spacial score (nSPS) is 18.6. The topological polar surface area (TPSA) is 78.9 Å². The van der Waals surface area contributed by atoms with Gasteiger partial charge in [-0.2, -0.15) is 0 Å². The van der Waals surface area contributed by atoms with Crippen molar-refractivity contribution < 1.29 is 33.2 Å². The van der Waals surface area contributed by atoms with Gasteiger partial charge in [-0.25, -0.2) is 4.79 Å². The van der Waals surface area contributed by atoms with Gasteiger partial charge in [0.25, 0.3) is 0 Å². The summed E-state index contributed by atoms with van der Waals surface area (Å²) in [7, 11) is 9.27. The van der Waals surface area contributed by atoms with E-state index in [1.54, 1.807) is 27.4 Å². The highest BCUT2D eigenvalue weighted by Crippen LogP contribution is 2.52. The number of esters is 1. The van der Waals surface area contributed by atoms with Gasteiger partial charge in [0.2, 0.25) is 5.75 Å². The molecule has 0 amide bonds. The Kier molecular flexibility index (Phi) is 8.96. The van der Waals surface area contributed by atoms with Crippen molar-refractivity contribution in [3.8, 4) is 46.0 Å². The summed E-state index contributed by atoms with van der Waals surface area (Å²) >= 11 is 0. The second-order valence-corrected chi connectivity index (χ2v) is 12.9. The maximum atomic E-state index is 12.3. The van der Waals surface area contributed by atoms with E-state index in [0.29, 0.717) is 52.4 Å². The Hall–Kier alpha value is -4.99. The zero-order valence-corrected chi connectivity index (χ0v) is 28.7. The van der Waals surface area contributed by atoms with Gasteiger partial charge in [-0.15, -0.1) is 0 Å². The maximum Gasteiger partial charge on any atom is 0.335 e. The molecule has 4 aromatic rings. The zero-order valence-electron chi connectivity index (χ0n) is 28.7. The van der Waals surface area contributed by atoms with Gasteiger partial charge >= 0.3 is 5.97 Å². The molecule has 0 saturated carbocycles. The molecule has 4 aromatic carbocycles. The standard InChI is InChI=1S/C40H42N2O7/c1-7-37(43)48-32-13-10-25-19-31-38-27(15-17-42(31)3)22-36(45-5)39(46-6)40(38)49-35-23-29-26(21-33(35)44-4)14-16-41(2)30(29)18-24-8-11-28(12-9-24)47-34(32)20-25/h7-13,20-23,30-31H,1,14-19H2,2-6H3/t30-,31+/m0/s1. The van der Waals surface area contributed by atoms with E-state index in [2.05, 4.69) is 60.8 Å². The van der Waals surface area contributed by atoms with E-state index in [9.17, 15) is 4.79 Å². The second-order valence-electron chi connectivity index (χ2n) is 12.9. The third-order valence-electron chi connectivity index (χ3n) is 10.0. The number of nitrogens with zero attached hydrogens (tertiary/aromatic N) is 2. The van der Waals surface area contributed by atoms with Crippen LogP contribution in [0, 0.1) is 0 Å². The molecule has 4 aliphatic rings. The number of fused-ring (bicyclic) bond motifs is 2. The molecule has 8 rings (SSSR count). The molecule has 49 heavy (non-hydrogen) atoms. The van der Waals surface area contributed by atoms with E-state index in [4.69, 9.17) is 28.4 Å². The molecule has 0 aliphatic carbocycles. The molecule has 0 N–H and O–H groups in total. The summed E-state index contributed by atoms with van der Waals surface area (Å²) in [6, 6.07) is 20.2. The summed E-state index contributed by atoms with van der Waals surface area (Å²) < 4.78 is 36.9. The summed E-state index contributed by atoms with van der Waals surface area (Å²) in [5, 5.41) is 0. The van der Waals surface area contributed by atoms with Crippen molar-refractivity contribution in [3.05, 3.63) is 107 Å². The lowest BCUT2D eigenvalue weighted by Crippen LogP contribution is -2.34. The number of rotatable bonds is 5. The minimum atomic E-state index is -0.555. The molecule has 0 unspecified atom stereocenters. The van der Waals surface area contributed by atoms with Crippen LogP contribution in [0.25, 0.3) is 0 Å². The third kappa shape index (κ3) is 6.20. The number of hydrogen-bond donors (Lipinski definition) is 0. The van der Waals surface area contributed by atoms with Gasteiger partial charge in [-0.1, -0.05) is 24.8 Å². The first-order valence-corrected chi connectivity index (χ1v) is 16.6. The highest BCUT2D eigenvalue weighted by atomic mass is 16.6. The number of ether oxygens (including phenoxy) is 6. The Morgan fingerprint density at radius 2 is 1.41 bits per heavy atom. The predicted molar refractivity (Wildman–Crippen MR) is 187 cm³/mol. The van der Waals surface area contributed by atoms with Crippen molar-refractivity contribution in [3.63, 3.8) is 0 Å². The van der Waals surface area contributed by atoms with Crippen LogP contribution in [0.1, 0.15) is 45.5 Å². The minimum Gasteiger partial charge on any atom is -0.493 e. The lowest BCUT2D eigenvalue weighted by Gasteiger charge is -2.37. The fraction of sp³-hybridized carbons (Fsp3) is 0.325.